The van der Waals surface area contributed by atoms with Crippen LogP contribution in [0.2, 0.25) is 0 Å². The molecule has 0 spiro atoms. The molecule has 0 atom stereocenters. The Balaban J connectivity index is 1.45. The fourth-order valence-electron chi connectivity index (χ4n) is 3.98. The maximum absolute atomic E-state index is 13.2. The minimum absolute atomic E-state index is 0.0655. The first-order chi connectivity index (χ1) is 16.1. The summed E-state index contributed by atoms with van der Waals surface area (Å²) < 4.78 is 0. The smallest absolute Gasteiger partial charge is 0.252 e. The number of nitrogens with one attached hydrogen (secondary N) is 1. The molecule has 0 unspecified atom stereocenters. The Morgan fingerprint density at radius 2 is 1.88 bits per heavy atom. The van der Waals surface area contributed by atoms with Crippen molar-refractivity contribution in [3.63, 3.8) is 0 Å². The Morgan fingerprint density at radius 3 is 2.64 bits per heavy atom. The summed E-state index contributed by atoms with van der Waals surface area (Å²) in [4.78, 5) is 24.6. The van der Waals surface area contributed by atoms with Gasteiger partial charge in [0.05, 0.1) is 16.8 Å². The van der Waals surface area contributed by atoms with Crippen LogP contribution < -0.4 is 5.32 Å². The van der Waals surface area contributed by atoms with E-state index >= 15 is 0 Å². The molecule has 0 bridgehead atoms. The summed E-state index contributed by atoms with van der Waals surface area (Å²) in [5.41, 5.74) is 5.53. The highest BCUT2D eigenvalue weighted by molar-refractivity contribution is 6.07. The molecule has 2 heterocycles. The van der Waals surface area contributed by atoms with Crippen molar-refractivity contribution >= 4 is 16.8 Å². The van der Waals surface area contributed by atoms with Crippen LogP contribution in [0, 0.1) is 6.92 Å². The Hall–Kier alpha value is -3.57. The second kappa shape index (κ2) is 10.8. The quantitative estimate of drug-likeness (QED) is 0.363. The highest BCUT2D eigenvalue weighted by Crippen LogP contribution is 2.25. The largest absolute Gasteiger partial charge is 0.352 e. The summed E-state index contributed by atoms with van der Waals surface area (Å²) in [7, 11) is 0. The highest BCUT2D eigenvalue weighted by Gasteiger charge is 2.14. The van der Waals surface area contributed by atoms with Gasteiger partial charge in [-0.05, 0) is 55.8 Å². The highest BCUT2D eigenvalue weighted by atomic mass is 16.1. The first-order valence-electron chi connectivity index (χ1n) is 11.5. The summed E-state index contributed by atoms with van der Waals surface area (Å²) in [5.74, 6) is -0.0655. The molecule has 5 heteroatoms. The zero-order valence-corrected chi connectivity index (χ0v) is 19.3. The van der Waals surface area contributed by atoms with Crippen LogP contribution >= 0.6 is 0 Å². The monoisotopic (exact) mass is 438 g/mol. The predicted octanol–water partition coefficient (Wildman–Crippen LogP) is 5.25. The summed E-state index contributed by atoms with van der Waals surface area (Å²) in [5, 5.41) is 4.00. The molecule has 0 fully saturated rings. The van der Waals surface area contributed by atoms with Crippen LogP contribution in [0.5, 0.6) is 0 Å². The summed E-state index contributed by atoms with van der Waals surface area (Å²) in [6.45, 7) is 7.67. The van der Waals surface area contributed by atoms with Crippen molar-refractivity contribution in [2.24, 2.45) is 0 Å². The molecule has 0 saturated heterocycles. The predicted molar refractivity (Wildman–Crippen MR) is 134 cm³/mol. The van der Waals surface area contributed by atoms with E-state index in [-0.39, 0.29) is 5.91 Å². The van der Waals surface area contributed by atoms with Crippen LogP contribution in [0.1, 0.15) is 34.8 Å². The number of carbonyl (C=O) groups excluding carboxylic acids is 1. The van der Waals surface area contributed by atoms with E-state index in [4.69, 9.17) is 4.98 Å². The molecule has 1 amide bonds. The van der Waals surface area contributed by atoms with E-state index in [0.717, 1.165) is 53.8 Å². The van der Waals surface area contributed by atoms with Gasteiger partial charge in [0.2, 0.25) is 0 Å². The zero-order valence-electron chi connectivity index (χ0n) is 19.3. The van der Waals surface area contributed by atoms with E-state index < -0.39 is 0 Å². The summed E-state index contributed by atoms with van der Waals surface area (Å²) in [6.07, 6.45) is 4.40. The third-order valence-electron chi connectivity index (χ3n) is 5.80. The van der Waals surface area contributed by atoms with Crippen molar-refractivity contribution in [2.75, 3.05) is 19.6 Å². The average Bonchev–Trinajstić information content (AvgIpc) is 2.86. The summed E-state index contributed by atoms with van der Waals surface area (Å²) in [6, 6.07) is 22.2. The number of aryl methyl sites for hydroxylation is 1. The molecule has 0 aliphatic heterocycles. The molecule has 0 aliphatic carbocycles. The number of hydrogen-bond donors (Lipinski definition) is 1. The zero-order chi connectivity index (χ0) is 23.0. The van der Waals surface area contributed by atoms with Gasteiger partial charge < -0.3 is 5.32 Å². The van der Waals surface area contributed by atoms with Crippen LogP contribution in [0.3, 0.4) is 0 Å². The van der Waals surface area contributed by atoms with Gasteiger partial charge >= 0.3 is 0 Å². The van der Waals surface area contributed by atoms with Gasteiger partial charge in [-0.25, -0.2) is 4.98 Å². The van der Waals surface area contributed by atoms with Crippen LogP contribution in [0.4, 0.5) is 0 Å². The molecular weight excluding hydrogens is 408 g/mol. The van der Waals surface area contributed by atoms with Crippen molar-refractivity contribution in [1.82, 2.24) is 20.2 Å². The fourth-order valence-corrected chi connectivity index (χ4v) is 3.98. The van der Waals surface area contributed by atoms with Crippen molar-refractivity contribution in [1.29, 1.82) is 0 Å². The number of amides is 1. The fraction of sp³-hybridized carbons (Fsp3) is 0.250. The third kappa shape index (κ3) is 5.82. The molecule has 4 aromatic rings. The van der Waals surface area contributed by atoms with Crippen LogP contribution in [0.15, 0.2) is 79.1 Å². The van der Waals surface area contributed by atoms with E-state index in [2.05, 4.69) is 46.4 Å². The first kappa shape index (κ1) is 22.6. The molecule has 168 valence electrons. The van der Waals surface area contributed by atoms with Gasteiger partial charge in [-0.1, -0.05) is 48.9 Å². The van der Waals surface area contributed by atoms with E-state index in [1.165, 1.54) is 5.56 Å². The summed E-state index contributed by atoms with van der Waals surface area (Å²) >= 11 is 0. The maximum Gasteiger partial charge on any atom is 0.252 e. The van der Waals surface area contributed by atoms with Gasteiger partial charge in [0.1, 0.15) is 0 Å². The number of nitrogens with zero attached hydrogens (tertiary/aromatic N) is 3. The molecule has 0 saturated carbocycles. The topological polar surface area (TPSA) is 58.1 Å². The second-order valence-electron chi connectivity index (χ2n) is 8.28. The molecular formula is C28H30N4O. The van der Waals surface area contributed by atoms with Crippen LogP contribution in [-0.4, -0.2) is 40.4 Å². The van der Waals surface area contributed by atoms with Gasteiger partial charge in [-0.2, -0.15) is 0 Å². The van der Waals surface area contributed by atoms with Gasteiger partial charge in [0.15, 0.2) is 0 Å². The van der Waals surface area contributed by atoms with Crippen LogP contribution in [0.25, 0.3) is 22.2 Å². The van der Waals surface area contributed by atoms with E-state index in [1.54, 1.807) is 12.4 Å². The standard InChI is InChI=1S/C28H30N4O/c1-3-32(20-22-9-5-4-6-10-22)16-8-15-30-28(33)25-18-27(23-11-7-14-29-19-23)31-26-13-12-21(2)17-24(25)26/h4-7,9-14,17-19H,3,8,15-16,20H2,1-2H3,(H,30,33). The lowest BCUT2D eigenvalue weighted by molar-refractivity contribution is 0.0953. The van der Waals surface area contributed by atoms with Crippen molar-refractivity contribution in [2.45, 2.75) is 26.8 Å². The normalized spacial score (nSPS) is 11.1. The Kier molecular flexibility index (Phi) is 7.43. The number of rotatable bonds is 9. The van der Waals surface area contributed by atoms with Crippen molar-refractivity contribution in [3.05, 3.63) is 95.8 Å². The molecule has 5 nitrogen and oxygen atoms in total. The van der Waals surface area contributed by atoms with Gasteiger partial charge in [0, 0.05) is 43.0 Å². The van der Waals surface area contributed by atoms with Gasteiger partial charge in [-0.3, -0.25) is 14.7 Å². The molecule has 33 heavy (non-hydrogen) atoms. The lowest BCUT2D eigenvalue weighted by atomic mass is 10.0. The number of carbonyl (C=O) groups is 1. The first-order valence-corrected chi connectivity index (χ1v) is 11.5. The number of benzene rings is 2. The SMILES string of the molecule is CCN(CCCNC(=O)c1cc(-c2cccnc2)nc2ccc(C)cc12)Cc1ccccc1. The Morgan fingerprint density at radius 1 is 1.03 bits per heavy atom. The molecule has 2 aromatic heterocycles. The molecule has 2 aromatic carbocycles. The molecule has 1 N–H and O–H groups in total. The molecule has 4 rings (SSSR count). The van der Waals surface area contributed by atoms with Gasteiger partial charge in [0.25, 0.3) is 5.91 Å². The lowest BCUT2D eigenvalue weighted by Gasteiger charge is -2.20. The van der Waals surface area contributed by atoms with Crippen molar-refractivity contribution in [3.8, 4) is 11.3 Å². The average molecular weight is 439 g/mol. The second-order valence-corrected chi connectivity index (χ2v) is 8.28. The number of pyridine rings is 2. The molecule has 0 aliphatic rings. The third-order valence-corrected chi connectivity index (χ3v) is 5.80. The Labute approximate surface area is 195 Å². The van der Waals surface area contributed by atoms with E-state index in [1.807, 2.05) is 49.4 Å². The maximum atomic E-state index is 13.2. The van der Waals surface area contributed by atoms with Crippen LogP contribution in [-0.2, 0) is 6.54 Å². The minimum Gasteiger partial charge on any atom is -0.352 e. The van der Waals surface area contributed by atoms with Crippen molar-refractivity contribution < 1.29 is 4.79 Å². The lowest BCUT2D eigenvalue weighted by Crippen LogP contribution is -2.30. The number of fused-ring (bicyclic) bond motifs is 1. The number of hydrogen-bond acceptors (Lipinski definition) is 4. The van der Waals surface area contributed by atoms with E-state index in [0.29, 0.717) is 12.1 Å². The molecule has 0 radical (unpaired) electrons. The number of aromatic nitrogens is 2. The Bertz CT molecular complexity index is 1210. The van der Waals surface area contributed by atoms with E-state index in [9.17, 15) is 4.79 Å². The minimum atomic E-state index is -0.0655. The van der Waals surface area contributed by atoms with Gasteiger partial charge in [-0.15, -0.1) is 0 Å².